The molecule has 0 heterocycles. The molecule has 0 aliphatic rings. The Morgan fingerprint density at radius 3 is 2.41 bits per heavy atom. The second-order valence-corrected chi connectivity index (χ2v) is 9.24. The van der Waals surface area contributed by atoms with Crippen LogP contribution in [-0.4, -0.2) is 53.4 Å². The van der Waals surface area contributed by atoms with Gasteiger partial charge in [-0.05, 0) is 24.3 Å². The van der Waals surface area contributed by atoms with E-state index in [2.05, 4.69) is 5.32 Å². The Morgan fingerprint density at radius 1 is 1.15 bits per heavy atom. The van der Waals surface area contributed by atoms with Gasteiger partial charge in [0.05, 0.1) is 25.5 Å². The lowest BCUT2D eigenvalue weighted by Gasteiger charge is -2.23. The smallest absolute Gasteiger partial charge is 0.251 e. The molecule has 0 aliphatic heterocycles. The lowest BCUT2D eigenvalue weighted by Crippen LogP contribution is -3.07. The molecule has 1 atom stereocenters. The number of hydrogen-bond acceptors (Lipinski definition) is 3. The van der Waals surface area contributed by atoms with Gasteiger partial charge in [0.15, 0.2) is 0 Å². The number of amides is 1. The molecule has 0 bridgehead atoms. The first-order valence-corrected chi connectivity index (χ1v) is 10.3. The number of halogens is 1. The topological polar surface area (TPSA) is 70.9 Å². The summed E-state index contributed by atoms with van der Waals surface area (Å²) in [6.45, 7) is 0.371. The van der Waals surface area contributed by atoms with Gasteiger partial charge < -0.3 is 10.2 Å². The van der Waals surface area contributed by atoms with Crippen LogP contribution < -0.4 is 10.2 Å². The second-order valence-electron chi connectivity index (χ2n) is 6.68. The molecule has 27 heavy (non-hydrogen) atoms. The quantitative estimate of drug-likeness (QED) is 0.720. The van der Waals surface area contributed by atoms with E-state index >= 15 is 0 Å². The molecule has 0 saturated carbocycles. The molecule has 1 amide bonds. The van der Waals surface area contributed by atoms with Crippen molar-refractivity contribution in [2.75, 3.05) is 34.7 Å². The van der Waals surface area contributed by atoms with E-state index in [1.165, 1.54) is 26.2 Å². The van der Waals surface area contributed by atoms with Crippen LogP contribution in [-0.2, 0) is 10.0 Å². The van der Waals surface area contributed by atoms with Gasteiger partial charge in [-0.2, -0.15) is 0 Å². The zero-order valence-electron chi connectivity index (χ0n) is 15.9. The fraction of sp³-hybridized carbons (Fsp3) is 0.316. The third-order valence-corrected chi connectivity index (χ3v) is 6.47. The first-order chi connectivity index (χ1) is 12.6. The predicted molar refractivity (Wildman–Crippen MR) is 107 cm³/mol. The van der Waals surface area contributed by atoms with E-state index < -0.39 is 10.0 Å². The zero-order chi connectivity index (χ0) is 20.2. The number of benzene rings is 2. The number of nitrogens with zero attached hydrogens (tertiary/aromatic N) is 1. The fourth-order valence-corrected chi connectivity index (χ4v) is 3.90. The van der Waals surface area contributed by atoms with Crippen molar-refractivity contribution in [3.05, 3.63) is 64.7 Å². The lowest BCUT2D eigenvalue weighted by molar-refractivity contribution is -0.890. The molecule has 0 saturated heterocycles. The van der Waals surface area contributed by atoms with Crippen molar-refractivity contribution in [2.45, 2.75) is 10.9 Å². The maximum Gasteiger partial charge on any atom is 0.251 e. The van der Waals surface area contributed by atoms with Gasteiger partial charge in [0, 0.05) is 30.2 Å². The summed E-state index contributed by atoms with van der Waals surface area (Å²) in [7, 11) is 3.30. The van der Waals surface area contributed by atoms with Crippen LogP contribution in [0.25, 0.3) is 0 Å². The van der Waals surface area contributed by atoms with Gasteiger partial charge in [0.25, 0.3) is 5.91 Å². The summed E-state index contributed by atoms with van der Waals surface area (Å²) >= 11 is 6.30. The SMILES string of the molecule is CN(C)S(=O)(=O)c1cccc(C(=O)NC[C@@H](c2ccccc2Cl)[NH+](C)C)c1. The number of carbonyl (C=O) groups excluding carboxylic acids is 1. The van der Waals surface area contributed by atoms with Crippen LogP contribution in [0, 0.1) is 0 Å². The van der Waals surface area contributed by atoms with Crippen molar-refractivity contribution in [3.63, 3.8) is 0 Å². The monoisotopic (exact) mass is 410 g/mol. The van der Waals surface area contributed by atoms with Gasteiger partial charge >= 0.3 is 0 Å². The molecule has 2 aromatic carbocycles. The highest BCUT2D eigenvalue weighted by Gasteiger charge is 2.22. The normalized spacial score (nSPS) is 13.0. The molecule has 0 aliphatic carbocycles. The number of hydrogen-bond donors (Lipinski definition) is 2. The van der Waals surface area contributed by atoms with Gasteiger partial charge in [-0.1, -0.05) is 35.9 Å². The Hall–Kier alpha value is -1.93. The molecule has 2 rings (SSSR count). The van der Waals surface area contributed by atoms with E-state index in [1.807, 2.05) is 38.4 Å². The highest BCUT2D eigenvalue weighted by molar-refractivity contribution is 7.89. The van der Waals surface area contributed by atoms with Gasteiger partial charge in [-0.15, -0.1) is 0 Å². The number of rotatable bonds is 7. The highest BCUT2D eigenvalue weighted by atomic mass is 35.5. The summed E-state index contributed by atoms with van der Waals surface area (Å²) in [6, 6.07) is 13.5. The summed E-state index contributed by atoms with van der Waals surface area (Å²) in [4.78, 5) is 13.8. The minimum atomic E-state index is -3.59. The van der Waals surface area contributed by atoms with Gasteiger partial charge in [-0.3, -0.25) is 4.79 Å². The first-order valence-electron chi connectivity index (χ1n) is 8.50. The molecule has 8 heteroatoms. The van der Waals surface area contributed by atoms with Crippen molar-refractivity contribution < 1.29 is 18.1 Å². The molecular formula is C19H25ClN3O3S+. The lowest BCUT2D eigenvalue weighted by atomic mass is 10.1. The molecule has 2 N–H and O–H groups in total. The molecule has 2 aromatic rings. The van der Waals surface area contributed by atoms with Crippen LogP contribution in [0.1, 0.15) is 22.0 Å². The van der Waals surface area contributed by atoms with E-state index in [0.717, 1.165) is 14.8 Å². The van der Waals surface area contributed by atoms with Crippen molar-refractivity contribution in [1.82, 2.24) is 9.62 Å². The van der Waals surface area contributed by atoms with Crippen LogP contribution in [0.3, 0.4) is 0 Å². The number of quaternary nitrogens is 1. The van der Waals surface area contributed by atoms with E-state index in [-0.39, 0.29) is 16.8 Å². The van der Waals surface area contributed by atoms with Crippen LogP contribution in [0.4, 0.5) is 0 Å². The maximum absolute atomic E-state index is 12.6. The first kappa shape index (κ1) is 21.4. The molecule has 6 nitrogen and oxygen atoms in total. The largest absolute Gasteiger partial charge is 0.346 e. The summed E-state index contributed by atoms with van der Waals surface area (Å²) in [5.41, 5.74) is 1.24. The zero-order valence-corrected chi connectivity index (χ0v) is 17.4. The summed E-state index contributed by atoms with van der Waals surface area (Å²) < 4.78 is 25.6. The Morgan fingerprint density at radius 2 is 1.81 bits per heavy atom. The number of likely N-dealkylation sites (N-methyl/N-ethyl adjacent to an activating group) is 1. The Labute approximate surface area is 165 Å². The van der Waals surface area contributed by atoms with E-state index in [1.54, 1.807) is 12.1 Å². The molecule has 0 fully saturated rings. The minimum Gasteiger partial charge on any atom is -0.346 e. The predicted octanol–water partition coefficient (Wildman–Crippen LogP) is 1.21. The van der Waals surface area contributed by atoms with Gasteiger partial charge in [-0.25, -0.2) is 12.7 Å². The molecule has 0 radical (unpaired) electrons. The van der Waals surface area contributed by atoms with Gasteiger partial charge in [0.2, 0.25) is 10.0 Å². The summed E-state index contributed by atoms with van der Waals surface area (Å²) in [5, 5.41) is 3.54. The summed E-state index contributed by atoms with van der Waals surface area (Å²) in [6.07, 6.45) is 0. The Balaban J connectivity index is 2.19. The van der Waals surface area contributed by atoms with Gasteiger partial charge in [0.1, 0.15) is 6.04 Å². The van der Waals surface area contributed by atoms with Crippen LogP contribution in [0.5, 0.6) is 0 Å². The van der Waals surface area contributed by atoms with E-state index in [9.17, 15) is 13.2 Å². The second kappa shape index (κ2) is 8.84. The van der Waals surface area contributed by atoms with Crippen molar-refractivity contribution in [3.8, 4) is 0 Å². The van der Waals surface area contributed by atoms with Crippen molar-refractivity contribution in [1.29, 1.82) is 0 Å². The van der Waals surface area contributed by atoms with E-state index in [4.69, 9.17) is 11.6 Å². The Kier molecular flexibility index (Phi) is 7.00. The third kappa shape index (κ3) is 5.07. The standard InChI is InChI=1S/C19H24ClN3O3S/c1-22(2)18(16-10-5-6-11-17(16)20)13-21-19(24)14-8-7-9-15(12-14)27(25,26)23(3)4/h5-12,18H,13H2,1-4H3,(H,21,24)/p+1/t18-/m0/s1. The number of carbonyl (C=O) groups is 1. The molecule has 146 valence electrons. The van der Waals surface area contributed by atoms with Crippen LogP contribution >= 0.6 is 11.6 Å². The molecule has 0 aromatic heterocycles. The van der Waals surface area contributed by atoms with Crippen molar-refractivity contribution in [2.24, 2.45) is 0 Å². The number of nitrogens with one attached hydrogen (secondary N) is 2. The van der Waals surface area contributed by atoms with E-state index in [0.29, 0.717) is 17.1 Å². The highest BCUT2D eigenvalue weighted by Crippen LogP contribution is 2.20. The fourth-order valence-electron chi connectivity index (χ4n) is 2.69. The number of sulfonamides is 1. The Bertz CT molecular complexity index is 914. The molecule has 0 spiro atoms. The van der Waals surface area contributed by atoms with Crippen LogP contribution in [0.2, 0.25) is 5.02 Å². The average molecular weight is 411 g/mol. The summed E-state index contributed by atoms with van der Waals surface area (Å²) in [5.74, 6) is -0.330. The minimum absolute atomic E-state index is 0.0312. The third-order valence-electron chi connectivity index (χ3n) is 4.32. The molecular weight excluding hydrogens is 386 g/mol. The molecule has 0 unspecified atom stereocenters. The maximum atomic E-state index is 12.6. The van der Waals surface area contributed by atoms with Crippen LogP contribution in [0.15, 0.2) is 53.4 Å². The van der Waals surface area contributed by atoms with Crippen molar-refractivity contribution >= 4 is 27.5 Å². The average Bonchev–Trinajstić information content (AvgIpc) is 2.62.